The van der Waals surface area contributed by atoms with Gasteiger partial charge in [0.15, 0.2) is 17.2 Å². The predicted molar refractivity (Wildman–Crippen MR) is 182 cm³/mol. The Labute approximate surface area is 310 Å². The third-order valence-electron chi connectivity index (χ3n) is 7.96. The number of ether oxygens (including phenoxy) is 1. The predicted octanol–water partition coefficient (Wildman–Crippen LogP) is -1.82. The number of nitrogens with one attached hydrogen (secondary N) is 2. The summed E-state index contributed by atoms with van der Waals surface area (Å²) in [6.45, 7) is 2.54. The van der Waals surface area contributed by atoms with Crippen molar-refractivity contribution in [1.29, 1.82) is 0 Å². The maximum absolute atomic E-state index is 12.7. The normalized spacial score (nSPS) is 23.0. The molecule has 3 rings (SSSR count). The fourth-order valence-corrected chi connectivity index (χ4v) is 7.73. The van der Waals surface area contributed by atoms with Crippen LogP contribution < -0.4 is 16.4 Å². The van der Waals surface area contributed by atoms with Gasteiger partial charge in [-0.1, -0.05) is 13.8 Å². The van der Waals surface area contributed by atoms with Crippen LogP contribution in [0.3, 0.4) is 0 Å². The van der Waals surface area contributed by atoms with Crippen molar-refractivity contribution in [1.82, 2.24) is 30.2 Å². The average molecular weight is 846 g/mol. The van der Waals surface area contributed by atoms with Crippen LogP contribution in [-0.4, -0.2) is 129 Å². The Morgan fingerprint density at radius 2 is 1.75 bits per heavy atom. The van der Waals surface area contributed by atoms with Crippen LogP contribution in [0.2, 0.25) is 6.32 Å². The molecule has 30 heteroatoms. The highest BCUT2D eigenvalue weighted by Gasteiger charge is 2.57. The Bertz CT molecular complexity index is 1940. The molecule has 1 aliphatic heterocycles. The zero-order valence-electron chi connectivity index (χ0n) is 29.2. The highest BCUT2D eigenvalue weighted by atomic mass is 31.3. The number of carbonyl (C=O) groups is 3. The Hall–Kier alpha value is -3.39. The lowest BCUT2D eigenvalue weighted by Crippen LogP contribution is -2.46. The summed E-state index contributed by atoms with van der Waals surface area (Å²) in [5, 5.41) is 35.0. The molecule has 0 bridgehead atoms. The van der Waals surface area contributed by atoms with Gasteiger partial charge in [-0.3, -0.25) is 32.5 Å². The quantitative estimate of drug-likeness (QED) is 0.0376. The molecule has 7 atom stereocenters. The van der Waals surface area contributed by atoms with Crippen LogP contribution in [0.25, 0.3) is 11.2 Å². The molecule has 0 aromatic carbocycles. The summed E-state index contributed by atoms with van der Waals surface area (Å²) in [6, 6.07) is 0. The molecule has 2 amide bonds. The molecule has 0 radical (unpaired) electrons. The number of aliphatic carboxylic acids is 1. The molecule has 0 aliphatic carbocycles. The number of nitrogens with zero attached hydrogens (tertiary/aromatic N) is 4. The van der Waals surface area contributed by atoms with Gasteiger partial charge in [0.05, 0.1) is 19.5 Å². The van der Waals surface area contributed by atoms with E-state index in [9.17, 15) is 62.6 Å². The molecule has 0 saturated carbocycles. The number of aliphatic hydroxyl groups is 2. The van der Waals surface area contributed by atoms with E-state index in [1.165, 1.54) is 20.8 Å². The number of amides is 2. The number of aliphatic hydroxyl groups excluding tert-OH is 2. The molecular weight excluding hydrogens is 806 g/mol. The van der Waals surface area contributed by atoms with Crippen molar-refractivity contribution in [3.63, 3.8) is 0 Å². The topological polar surface area (TPSA) is 401 Å². The number of aromatic nitrogens is 4. The van der Waals surface area contributed by atoms with E-state index in [4.69, 9.17) is 24.6 Å². The van der Waals surface area contributed by atoms with Crippen molar-refractivity contribution < 1.29 is 90.3 Å². The SMILES string of the molecule is C=C([B-](=O)CCNC(=O)CCNC(=O)C(O)C(C)(C)COP(=O)(O)OP(=O)(O)OCC1OC(C)(n2cnc3c(N)ncnc32)C(O)C1OP(=O)(O)O)C(=O)O. The van der Waals surface area contributed by atoms with Gasteiger partial charge >= 0.3 is 23.5 Å². The second-order valence-corrected chi connectivity index (χ2v) is 17.0. The summed E-state index contributed by atoms with van der Waals surface area (Å²) in [4.78, 5) is 86.3. The number of phosphoric ester groups is 3. The lowest BCUT2D eigenvalue weighted by Gasteiger charge is -2.30. The molecule has 1 saturated heterocycles. The molecule has 26 nitrogen and oxygen atoms in total. The maximum atomic E-state index is 12.7. The number of carboxylic acids is 1. The van der Waals surface area contributed by atoms with Gasteiger partial charge in [-0.05, 0) is 13.5 Å². The number of rotatable bonds is 21. The molecule has 1 aliphatic rings. The molecule has 308 valence electrons. The highest BCUT2D eigenvalue weighted by Crippen LogP contribution is 2.61. The molecular formula is C25H40BN7O19P3-. The summed E-state index contributed by atoms with van der Waals surface area (Å²) in [5.41, 5.74) is 1.62. The van der Waals surface area contributed by atoms with Crippen molar-refractivity contribution >= 4 is 64.8 Å². The summed E-state index contributed by atoms with van der Waals surface area (Å²) in [6.07, 6.45) is -6.04. The summed E-state index contributed by atoms with van der Waals surface area (Å²) in [7, 11) is -16.5. The number of nitrogens with two attached hydrogens (primary N) is 1. The fourth-order valence-electron chi connectivity index (χ4n) is 4.91. The van der Waals surface area contributed by atoms with Crippen molar-refractivity contribution in [2.45, 2.75) is 63.7 Å². The molecule has 2 aromatic rings. The Morgan fingerprint density at radius 3 is 2.36 bits per heavy atom. The lowest BCUT2D eigenvalue weighted by molar-refractivity contribution is -0.137. The summed E-state index contributed by atoms with van der Waals surface area (Å²) >= 11 is 0. The first-order valence-electron chi connectivity index (χ1n) is 15.7. The standard InChI is InChI=1S/C25H40BN7O19P3/c1-13(23(38)39)26(40)6-8-28-15(34)5-7-29-22(37)19(36)24(2,3)10-49-55(46,47)52-54(44,45)48-9-14-17(51-53(41,42)43)18(35)25(4,50-14)33-12-32-16-20(27)30-11-31-21(16)33/h11-12,14,17-19,35-36H,1,5-10H2,2-4H3,(H,28,34)(H,29,37)(H,38,39)(H,44,45)(H,46,47)(H2,27,30,31)(H2,41,42,43)/q-1. The van der Waals surface area contributed by atoms with Crippen LogP contribution in [-0.2, 0) is 61.1 Å². The van der Waals surface area contributed by atoms with Crippen molar-refractivity contribution in [3.8, 4) is 0 Å². The summed E-state index contributed by atoms with van der Waals surface area (Å²) < 4.78 is 74.1. The molecule has 11 N–H and O–H groups in total. The van der Waals surface area contributed by atoms with E-state index in [0.717, 1.165) is 17.2 Å². The number of anilines is 1. The molecule has 55 heavy (non-hydrogen) atoms. The highest BCUT2D eigenvalue weighted by molar-refractivity contribution is 7.61. The van der Waals surface area contributed by atoms with Gasteiger partial charge < -0.3 is 60.7 Å². The molecule has 3 heterocycles. The van der Waals surface area contributed by atoms with Gasteiger partial charge in [-0.2, -0.15) is 4.31 Å². The third-order valence-corrected chi connectivity index (χ3v) is 11.1. The van der Waals surface area contributed by atoms with Gasteiger partial charge in [-0.25, -0.2) is 28.6 Å². The van der Waals surface area contributed by atoms with Crippen LogP contribution in [0, 0.1) is 5.41 Å². The Kier molecular flexibility index (Phi) is 14.9. The molecule has 0 spiro atoms. The minimum absolute atomic E-state index is 0.00373. The zero-order valence-corrected chi connectivity index (χ0v) is 31.9. The van der Waals surface area contributed by atoms with Gasteiger partial charge in [0, 0.05) is 18.4 Å². The number of nitrogen functional groups attached to an aromatic ring is 1. The summed E-state index contributed by atoms with van der Waals surface area (Å²) in [5.74, 6) is -3.20. The third kappa shape index (κ3) is 12.3. The van der Waals surface area contributed by atoms with Gasteiger partial charge in [0.2, 0.25) is 11.8 Å². The van der Waals surface area contributed by atoms with Gasteiger partial charge in [0.1, 0.15) is 42.8 Å². The van der Waals surface area contributed by atoms with Crippen LogP contribution in [0.5, 0.6) is 0 Å². The van der Waals surface area contributed by atoms with Crippen molar-refractivity contribution in [2.24, 2.45) is 5.41 Å². The van der Waals surface area contributed by atoms with E-state index in [2.05, 4.69) is 41.0 Å². The zero-order chi connectivity index (χ0) is 41.7. The van der Waals surface area contributed by atoms with E-state index in [-0.39, 0.29) is 42.8 Å². The van der Waals surface area contributed by atoms with Crippen LogP contribution in [0.15, 0.2) is 24.7 Å². The fraction of sp³-hybridized carbons (Fsp3) is 0.600. The number of fused-ring (bicyclic) bond motifs is 1. The van der Waals surface area contributed by atoms with Crippen LogP contribution >= 0.6 is 23.5 Å². The van der Waals surface area contributed by atoms with E-state index < -0.39 is 102 Å². The minimum atomic E-state index is -5.62. The monoisotopic (exact) mass is 846 g/mol. The van der Waals surface area contributed by atoms with E-state index in [1.807, 2.05) is 0 Å². The number of hydrogen-bond acceptors (Lipinski definition) is 18. The molecule has 1 fully saturated rings. The second kappa shape index (κ2) is 17.8. The number of carboxylic acid groups (broad SMARTS) is 1. The van der Waals surface area contributed by atoms with Crippen molar-refractivity contribution in [3.05, 3.63) is 24.7 Å². The van der Waals surface area contributed by atoms with E-state index in [0.29, 0.717) is 0 Å². The van der Waals surface area contributed by atoms with Crippen molar-refractivity contribution in [2.75, 3.05) is 32.0 Å². The minimum Gasteiger partial charge on any atom is -0.630 e. The van der Waals surface area contributed by atoms with Gasteiger partial charge in [-0.15, -0.1) is 18.4 Å². The number of imidazole rings is 1. The van der Waals surface area contributed by atoms with Gasteiger partial charge in [0.25, 0.3) is 5.97 Å². The smallest absolute Gasteiger partial charge is 0.481 e. The van der Waals surface area contributed by atoms with Crippen LogP contribution in [0.4, 0.5) is 5.82 Å². The number of phosphoric acid groups is 3. The Morgan fingerprint density at radius 1 is 1.11 bits per heavy atom. The average Bonchev–Trinajstić information content (AvgIpc) is 3.61. The van der Waals surface area contributed by atoms with E-state index >= 15 is 0 Å². The molecule has 7 unspecified atom stereocenters. The lowest BCUT2D eigenvalue weighted by atomic mass is 9.63. The first-order chi connectivity index (χ1) is 25.2. The first kappa shape index (κ1) is 46.0. The molecule has 2 aromatic heterocycles. The number of carbonyl (C=O) groups excluding carboxylic acids is 2. The number of hydrogen-bond donors (Lipinski definition) is 10. The van der Waals surface area contributed by atoms with E-state index in [1.54, 1.807) is 0 Å². The second-order valence-electron chi connectivity index (χ2n) is 12.7. The van der Waals surface area contributed by atoms with Crippen LogP contribution in [0.1, 0.15) is 27.2 Å². The largest absolute Gasteiger partial charge is 0.630 e. The maximum Gasteiger partial charge on any atom is 0.481 e. The Balaban J connectivity index is 1.56. The first-order valence-corrected chi connectivity index (χ1v) is 20.2.